The van der Waals surface area contributed by atoms with E-state index in [0.29, 0.717) is 36.1 Å². The third-order valence-corrected chi connectivity index (χ3v) is 6.27. The van der Waals surface area contributed by atoms with E-state index in [0.717, 1.165) is 43.4 Å². The fourth-order valence-corrected chi connectivity index (χ4v) is 4.03. The zero-order valence-electron chi connectivity index (χ0n) is 20.9. The Hall–Kier alpha value is -4.45. The first kappa shape index (κ1) is 24.3. The fourth-order valence-electron chi connectivity index (χ4n) is 4.03. The van der Waals surface area contributed by atoms with Crippen LogP contribution in [0.2, 0.25) is 0 Å². The van der Waals surface area contributed by atoms with Crippen molar-refractivity contribution in [2.24, 2.45) is 7.05 Å². The number of piperazine rings is 1. The molecule has 37 heavy (non-hydrogen) atoms. The summed E-state index contributed by atoms with van der Waals surface area (Å²) in [6, 6.07) is 11.0. The van der Waals surface area contributed by atoms with E-state index in [1.54, 1.807) is 24.5 Å². The highest BCUT2D eigenvalue weighted by Gasteiger charge is 2.17. The molecule has 2 N–H and O–H groups in total. The summed E-state index contributed by atoms with van der Waals surface area (Å²) >= 11 is 0. The summed E-state index contributed by atoms with van der Waals surface area (Å²) in [6.45, 7) is 4.51. The molecule has 12 heteroatoms. The van der Waals surface area contributed by atoms with Crippen LogP contribution in [-0.2, 0) is 20.1 Å². The van der Waals surface area contributed by atoms with Crippen molar-refractivity contribution in [3.8, 4) is 11.5 Å². The molecule has 1 fully saturated rings. The van der Waals surface area contributed by atoms with E-state index in [-0.39, 0.29) is 5.91 Å². The number of carbonyl (C=O) groups excluding carboxylic acids is 1. The second-order valence-corrected chi connectivity index (χ2v) is 8.85. The van der Waals surface area contributed by atoms with Gasteiger partial charge < -0.3 is 25.0 Å². The average Bonchev–Trinajstić information content (AvgIpc) is 3.31. The number of likely N-dealkylation sites (N-methyl/N-ethyl adjacent to an activating group) is 1. The van der Waals surface area contributed by atoms with Crippen LogP contribution in [0.5, 0.6) is 0 Å². The number of hydrogen-bond donors (Lipinski definition) is 2. The van der Waals surface area contributed by atoms with Crippen LogP contribution in [0.25, 0.3) is 11.5 Å². The molecular formula is C25H29N11O. The minimum Gasteiger partial charge on any atom is -0.378 e. The molecule has 0 unspecified atom stereocenters. The number of nitrogens with one attached hydrogen (secondary N) is 2. The quantitative estimate of drug-likeness (QED) is 0.366. The molecule has 5 rings (SSSR count). The average molecular weight is 500 g/mol. The molecule has 1 aromatic carbocycles. The van der Waals surface area contributed by atoms with E-state index in [1.807, 2.05) is 35.9 Å². The standard InChI is InChI=1S/C25H29N11O/c1-34-10-12-36(13-11-34)25-27-9-6-20(31-25)15-29-24(37)18-4-3-5-19(14-18)28-16-22-32-33-23(35(22)2)21-7-8-26-17-30-21/h3-9,14,17,28H,10-13,15-16H2,1-2H3,(H,29,37). The molecule has 12 nitrogen and oxygen atoms in total. The van der Waals surface area contributed by atoms with Gasteiger partial charge in [0.25, 0.3) is 5.91 Å². The van der Waals surface area contributed by atoms with Crippen molar-refractivity contribution in [1.82, 2.24) is 44.9 Å². The molecule has 0 saturated carbocycles. The first-order valence-electron chi connectivity index (χ1n) is 12.1. The number of amides is 1. The second-order valence-electron chi connectivity index (χ2n) is 8.85. The third kappa shape index (κ3) is 5.86. The van der Waals surface area contributed by atoms with Gasteiger partial charge in [-0.1, -0.05) is 6.07 Å². The number of aromatic nitrogens is 7. The van der Waals surface area contributed by atoms with Crippen molar-refractivity contribution in [2.75, 3.05) is 43.4 Å². The van der Waals surface area contributed by atoms with Crippen LogP contribution in [0, 0.1) is 0 Å². The Morgan fingerprint density at radius 2 is 1.84 bits per heavy atom. The highest BCUT2D eigenvalue weighted by molar-refractivity contribution is 5.95. The first-order valence-corrected chi connectivity index (χ1v) is 12.1. The summed E-state index contributed by atoms with van der Waals surface area (Å²) < 4.78 is 1.88. The van der Waals surface area contributed by atoms with Gasteiger partial charge in [-0.3, -0.25) is 4.79 Å². The molecule has 4 heterocycles. The first-order chi connectivity index (χ1) is 18.1. The summed E-state index contributed by atoms with van der Waals surface area (Å²) in [4.78, 5) is 34.5. The summed E-state index contributed by atoms with van der Waals surface area (Å²) in [5.74, 6) is 1.93. The van der Waals surface area contributed by atoms with Crippen LogP contribution in [-0.4, -0.2) is 78.7 Å². The molecule has 1 saturated heterocycles. The lowest BCUT2D eigenvalue weighted by molar-refractivity contribution is 0.0950. The third-order valence-electron chi connectivity index (χ3n) is 6.27. The van der Waals surface area contributed by atoms with Gasteiger partial charge in [-0.2, -0.15) is 0 Å². The number of nitrogens with zero attached hydrogens (tertiary/aromatic N) is 9. The van der Waals surface area contributed by atoms with Crippen LogP contribution >= 0.6 is 0 Å². The number of anilines is 2. The molecule has 1 aliphatic rings. The molecule has 0 aliphatic carbocycles. The fraction of sp³-hybridized carbons (Fsp3) is 0.320. The van der Waals surface area contributed by atoms with Gasteiger partial charge in [-0.15, -0.1) is 10.2 Å². The smallest absolute Gasteiger partial charge is 0.251 e. The van der Waals surface area contributed by atoms with E-state index in [2.05, 4.69) is 57.6 Å². The van der Waals surface area contributed by atoms with Gasteiger partial charge in [0.1, 0.15) is 12.0 Å². The lowest BCUT2D eigenvalue weighted by Gasteiger charge is -2.32. The SMILES string of the molecule is CN1CCN(c2nccc(CNC(=O)c3cccc(NCc4nnc(-c5ccncn5)n4C)c3)n2)CC1. The maximum atomic E-state index is 12.8. The highest BCUT2D eigenvalue weighted by atomic mass is 16.1. The highest BCUT2D eigenvalue weighted by Crippen LogP contribution is 2.16. The Morgan fingerprint density at radius 1 is 0.973 bits per heavy atom. The monoisotopic (exact) mass is 499 g/mol. The van der Waals surface area contributed by atoms with E-state index in [4.69, 9.17) is 0 Å². The van der Waals surface area contributed by atoms with E-state index >= 15 is 0 Å². The molecule has 1 aliphatic heterocycles. The van der Waals surface area contributed by atoms with E-state index in [9.17, 15) is 4.79 Å². The maximum absolute atomic E-state index is 12.8. The number of hydrogen-bond acceptors (Lipinski definition) is 10. The predicted molar refractivity (Wildman–Crippen MR) is 139 cm³/mol. The summed E-state index contributed by atoms with van der Waals surface area (Å²) in [7, 11) is 4.00. The van der Waals surface area contributed by atoms with Gasteiger partial charge in [0, 0.05) is 56.9 Å². The van der Waals surface area contributed by atoms with E-state index < -0.39 is 0 Å². The Morgan fingerprint density at radius 3 is 2.65 bits per heavy atom. The molecule has 3 aromatic heterocycles. The van der Waals surface area contributed by atoms with Crippen molar-refractivity contribution in [1.29, 1.82) is 0 Å². The molecule has 0 radical (unpaired) electrons. The van der Waals surface area contributed by atoms with E-state index in [1.165, 1.54) is 6.33 Å². The predicted octanol–water partition coefficient (Wildman–Crippen LogP) is 1.36. The Kier molecular flexibility index (Phi) is 7.26. The summed E-state index contributed by atoms with van der Waals surface area (Å²) in [5, 5.41) is 14.8. The zero-order valence-corrected chi connectivity index (χ0v) is 20.9. The minimum atomic E-state index is -0.173. The Balaban J connectivity index is 1.18. The van der Waals surface area contributed by atoms with Gasteiger partial charge in [0.05, 0.1) is 18.8 Å². The van der Waals surface area contributed by atoms with Crippen LogP contribution in [0.1, 0.15) is 21.9 Å². The second kappa shape index (κ2) is 11.1. The molecular weight excluding hydrogens is 470 g/mol. The minimum absolute atomic E-state index is 0.173. The number of rotatable bonds is 8. The maximum Gasteiger partial charge on any atom is 0.251 e. The van der Waals surface area contributed by atoms with Gasteiger partial charge in [0.2, 0.25) is 5.95 Å². The molecule has 1 amide bonds. The Labute approximate surface area is 214 Å². The van der Waals surface area contributed by atoms with Crippen LogP contribution in [0.15, 0.2) is 55.1 Å². The van der Waals surface area contributed by atoms with Crippen molar-refractivity contribution in [2.45, 2.75) is 13.1 Å². The van der Waals surface area contributed by atoms with Crippen LogP contribution < -0.4 is 15.5 Å². The normalized spacial score (nSPS) is 13.9. The molecule has 0 bridgehead atoms. The number of benzene rings is 1. The number of carbonyl (C=O) groups is 1. The molecule has 0 atom stereocenters. The largest absolute Gasteiger partial charge is 0.378 e. The lowest BCUT2D eigenvalue weighted by atomic mass is 10.2. The summed E-state index contributed by atoms with van der Waals surface area (Å²) in [5.41, 5.74) is 2.83. The van der Waals surface area contributed by atoms with Crippen molar-refractivity contribution >= 4 is 17.5 Å². The molecule has 4 aromatic rings. The van der Waals surface area contributed by atoms with Gasteiger partial charge in [-0.25, -0.2) is 19.9 Å². The van der Waals surface area contributed by atoms with Gasteiger partial charge >= 0.3 is 0 Å². The van der Waals surface area contributed by atoms with Crippen molar-refractivity contribution in [3.05, 3.63) is 72.2 Å². The topological polar surface area (TPSA) is 130 Å². The molecule has 190 valence electrons. The van der Waals surface area contributed by atoms with Crippen LogP contribution in [0.4, 0.5) is 11.6 Å². The molecule has 0 spiro atoms. The van der Waals surface area contributed by atoms with Crippen molar-refractivity contribution in [3.63, 3.8) is 0 Å². The van der Waals surface area contributed by atoms with Gasteiger partial charge in [0.15, 0.2) is 11.6 Å². The van der Waals surface area contributed by atoms with Crippen molar-refractivity contribution < 1.29 is 4.79 Å². The van der Waals surface area contributed by atoms with Crippen LogP contribution in [0.3, 0.4) is 0 Å². The lowest BCUT2D eigenvalue weighted by Crippen LogP contribution is -2.45. The van der Waals surface area contributed by atoms with Gasteiger partial charge in [-0.05, 0) is 37.4 Å². The summed E-state index contributed by atoms with van der Waals surface area (Å²) in [6.07, 6.45) is 4.90. The Bertz CT molecular complexity index is 1350. The zero-order chi connectivity index (χ0) is 25.6.